The molecule has 1 aliphatic heterocycles. The summed E-state index contributed by atoms with van der Waals surface area (Å²) in [6.45, 7) is 5.61. The monoisotopic (exact) mass is 356 g/mol. The highest BCUT2D eigenvalue weighted by atomic mass is 16.3. The van der Waals surface area contributed by atoms with E-state index in [1.54, 1.807) is 0 Å². The minimum atomic E-state index is 0.282. The number of benzene rings is 1. The fourth-order valence-corrected chi connectivity index (χ4v) is 4.76. The van der Waals surface area contributed by atoms with Gasteiger partial charge in [-0.15, -0.1) is 0 Å². The first-order chi connectivity index (χ1) is 12.8. The van der Waals surface area contributed by atoms with Gasteiger partial charge in [-0.05, 0) is 37.3 Å². The first-order valence-corrected chi connectivity index (χ1v) is 10.3. The van der Waals surface area contributed by atoms with Gasteiger partial charge < -0.3 is 10.1 Å². The lowest BCUT2D eigenvalue weighted by Gasteiger charge is -2.43. The molecule has 142 valence electrons. The highest BCUT2D eigenvalue weighted by Gasteiger charge is 2.29. The maximum atomic E-state index is 9.55. The molecule has 1 saturated heterocycles. The molecule has 26 heavy (non-hydrogen) atoms. The third-order valence-electron chi connectivity index (χ3n) is 6.18. The van der Waals surface area contributed by atoms with Crippen LogP contribution in [0.4, 0.5) is 0 Å². The number of aliphatic hydroxyl groups is 1. The van der Waals surface area contributed by atoms with E-state index in [1.165, 1.54) is 38.6 Å². The number of piperazine rings is 1. The van der Waals surface area contributed by atoms with Crippen LogP contribution in [0.15, 0.2) is 24.3 Å². The van der Waals surface area contributed by atoms with Crippen molar-refractivity contribution in [3.05, 3.63) is 30.1 Å². The number of hydrogen-bond acceptors (Lipinski definition) is 4. The number of imidazole rings is 1. The van der Waals surface area contributed by atoms with Gasteiger partial charge in [0.05, 0.1) is 17.6 Å². The summed E-state index contributed by atoms with van der Waals surface area (Å²) >= 11 is 0. The van der Waals surface area contributed by atoms with Crippen molar-refractivity contribution in [1.29, 1.82) is 0 Å². The number of rotatable bonds is 6. The number of para-hydroxylation sites is 2. The molecule has 2 fully saturated rings. The summed E-state index contributed by atoms with van der Waals surface area (Å²) in [5.74, 6) is 1.92. The predicted octanol–water partition coefficient (Wildman–Crippen LogP) is 3.01. The molecule has 2 aromatic rings. The second kappa shape index (κ2) is 8.51. The first kappa shape index (κ1) is 18.0. The van der Waals surface area contributed by atoms with Crippen LogP contribution in [0.5, 0.6) is 0 Å². The van der Waals surface area contributed by atoms with Crippen molar-refractivity contribution >= 4 is 11.0 Å². The molecule has 2 heterocycles. The van der Waals surface area contributed by atoms with Gasteiger partial charge in [0.15, 0.2) is 0 Å². The molecule has 1 aromatic heterocycles. The Bertz CT molecular complexity index is 661. The van der Waals surface area contributed by atoms with Crippen molar-refractivity contribution in [1.82, 2.24) is 19.8 Å². The Balaban J connectivity index is 1.37. The van der Waals surface area contributed by atoms with E-state index in [-0.39, 0.29) is 6.61 Å². The minimum Gasteiger partial charge on any atom is -0.396 e. The van der Waals surface area contributed by atoms with Crippen molar-refractivity contribution in [3.8, 4) is 0 Å². The van der Waals surface area contributed by atoms with Crippen molar-refractivity contribution in [3.63, 3.8) is 0 Å². The molecule has 4 rings (SSSR count). The third-order valence-corrected chi connectivity index (χ3v) is 6.18. The van der Waals surface area contributed by atoms with Gasteiger partial charge in [0.2, 0.25) is 0 Å². The van der Waals surface area contributed by atoms with Crippen LogP contribution < -0.4 is 0 Å². The zero-order chi connectivity index (χ0) is 17.8. The molecule has 0 spiro atoms. The molecular weight excluding hydrogens is 324 g/mol. The Morgan fingerprint density at radius 1 is 1.12 bits per heavy atom. The average molecular weight is 357 g/mol. The van der Waals surface area contributed by atoms with Gasteiger partial charge >= 0.3 is 0 Å². The van der Waals surface area contributed by atoms with Crippen molar-refractivity contribution in [2.24, 2.45) is 5.92 Å². The molecule has 5 nitrogen and oxygen atoms in total. The number of aliphatic hydroxyl groups excluding tert-OH is 1. The van der Waals surface area contributed by atoms with E-state index in [1.807, 2.05) is 12.1 Å². The van der Waals surface area contributed by atoms with Crippen LogP contribution >= 0.6 is 0 Å². The Kier molecular flexibility index (Phi) is 5.88. The van der Waals surface area contributed by atoms with Gasteiger partial charge in [0.1, 0.15) is 5.82 Å². The Morgan fingerprint density at radius 3 is 2.77 bits per heavy atom. The summed E-state index contributed by atoms with van der Waals surface area (Å²) in [5.41, 5.74) is 2.16. The largest absolute Gasteiger partial charge is 0.396 e. The first-order valence-electron chi connectivity index (χ1n) is 10.3. The van der Waals surface area contributed by atoms with Crippen molar-refractivity contribution < 1.29 is 5.11 Å². The maximum Gasteiger partial charge on any atom is 0.121 e. The highest BCUT2D eigenvalue weighted by molar-refractivity contribution is 5.74. The van der Waals surface area contributed by atoms with Gasteiger partial charge in [-0.1, -0.05) is 31.4 Å². The average Bonchev–Trinajstić information content (AvgIpc) is 3.07. The second-order valence-corrected chi connectivity index (χ2v) is 8.10. The zero-order valence-corrected chi connectivity index (χ0v) is 15.7. The lowest BCUT2D eigenvalue weighted by atomic mass is 9.88. The second-order valence-electron chi connectivity index (χ2n) is 8.10. The van der Waals surface area contributed by atoms with E-state index in [0.29, 0.717) is 6.04 Å². The molecule has 1 atom stereocenters. The Morgan fingerprint density at radius 2 is 1.96 bits per heavy atom. The lowest BCUT2D eigenvalue weighted by molar-refractivity contribution is 0.0391. The van der Waals surface area contributed by atoms with Crippen LogP contribution in [-0.4, -0.2) is 63.7 Å². The van der Waals surface area contributed by atoms with E-state index in [9.17, 15) is 5.11 Å². The quantitative estimate of drug-likeness (QED) is 0.835. The summed E-state index contributed by atoms with van der Waals surface area (Å²) in [4.78, 5) is 13.3. The van der Waals surface area contributed by atoms with E-state index in [0.717, 1.165) is 55.4 Å². The van der Waals surface area contributed by atoms with E-state index in [2.05, 4.69) is 26.9 Å². The third kappa shape index (κ3) is 4.27. The van der Waals surface area contributed by atoms with Gasteiger partial charge in [-0.25, -0.2) is 4.98 Å². The molecule has 0 amide bonds. The standard InChI is InChI=1S/C21H32N4O/c26-13-10-18-15-24(11-12-25(18)14-17-6-2-1-3-7-17)16-21-22-19-8-4-5-9-20(19)23-21/h4-5,8-9,17-18,26H,1-3,6-7,10-16H2,(H,22,23)/t18-/m0/s1. The van der Waals surface area contributed by atoms with Gasteiger partial charge in [0, 0.05) is 38.8 Å². The smallest absolute Gasteiger partial charge is 0.121 e. The summed E-state index contributed by atoms with van der Waals surface area (Å²) in [6.07, 6.45) is 7.89. The molecule has 0 unspecified atom stereocenters. The van der Waals surface area contributed by atoms with Crippen LogP contribution in [0.25, 0.3) is 11.0 Å². The fraction of sp³-hybridized carbons (Fsp3) is 0.667. The molecule has 0 radical (unpaired) electrons. The highest BCUT2D eigenvalue weighted by Crippen LogP contribution is 2.26. The van der Waals surface area contributed by atoms with Gasteiger partial charge in [-0.3, -0.25) is 9.80 Å². The Labute approximate surface area is 156 Å². The van der Waals surface area contributed by atoms with E-state index >= 15 is 0 Å². The van der Waals surface area contributed by atoms with E-state index < -0.39 is 0 Å². The normalized spacial score (nSPS) is 23.7. The Hall–Kier alpha value is -1.43. The van der Waals surface area contributed by atoms with Gasteiger partial charge in [0.25, 0.3) is 0 Å². The van der Waals surface area contributed by atoms with Crippen LogP contribution in [0.3, 0.4) is 0 Å². The summed E-state index contributed by atoms with van der Waals surface area (Å²) in [6, 6.07) is 8.70. The number of fused-ring (bicyclic) bond motifs is 1. The zero-order valence-electron chi connectivity index (χ0n) is 15.7. The van der Waals surface area contributed by atoms with E-state index in [4.69, 9.17) is 4.98 Å². The summed E-state index contributed by atoms with van der Waals surface area (Å²) in [5, 5.41) is 9.55. The van der Waals surface area contributed by atoms with Crippen LogP contribution in [0, 0.1) is 5.92 Å². The number of nitrogens with one attached hydrogen (secondary N) is 1. The molecule has 1 aromatic carbocycles. The van der Waals surface area contributed by atoms with Crippen LogP contribution in [-0.2, 0) is 6.54 Å². The lowest BCUT2D eigenvalue weighted by Crippen LogP contribution is -2.54. The number of aromatic amines is 1. The molecule has 2 aliphatic rings. The fourth-order valence-electron chi connectivity index (χ4n) is 4.76. The maximum absolute atomic E-state index is 9.55. The molecule has 2 N–H and O–H groups in total. The van der Waals surface area contributed by atoms with Crippen LogP contribution in [0.2, 0.25) is 0 Å². The number of hydrogen-bond donors (Lipinski definition) is 2. The SMILES string of the molecule is OCC[C@H]1CN(Cc2nc3ccccc3[nH]2)CCN1CC1CCCCC1. The van der Waals surface area contributed by atoms with Crippen molar-refractivity contribution in [2.45, 2.75) is 51.1 Å². The van der Waals surface area contributed by atoms with Crippen LogP contribution in [0.1, 0.15) is 44.3 Å². The number of H-pyrrole nitrogens is 1. The number of aromatic nitrogens is 2. The topological polar surface area (TPSA) is 55.4 Å². The van der Waals surface area contributed by atoms with Gasteiger partial charge in [-0.2, -0.15) is 0 Å². The van der Waals surface area contributed by atoms with Crippen molar-refractivity contribution in [2.75, 3.05) is 32.8 Å². The predicted molar refractivity (Wildman–Crippen MR) is 105 cm³/mol. The summed E-state index contributed by atoms with van der Waals surface area (Å²) in [7, 11) is 0. The molecule has 5 heteroatoms. The minimum absolute atomic E-state index is 0.282. The molecular formula is C21H32N4O. The molecule has 1 aliphatic carbocycles. The molecule has 0 bridgehead atoms. The summed E-state index contributed by atoms with van der Waals surface area (Å²) < 4.78 is 0. The number of nitrogens with zero attached hydrogens (tertiary/aromatic N) is 3. The molecule has 1 saturated carbocycles.